The first kappa shape index (κ1) is 17.6. The van der Waals surface area contributed by atoms with Crippen molar-refractivity contribution in [1.82, 2.24) is 5.32 Å². The molecular formula is C17H16Cl2FNO2. The molecule has 1 amide bonds. The van der Waals surface area contributed by atoms with E-state index in [1.807, 2.05) is 0 Å². The molecule has 2 aromatic rings. The zero-order chi connectivity index (χ0) is 16.8. The van der Waals surface area contributed by atoms with Crippen molar-refractivity contribution in [1.29, 1.82) is 0 Å². The van der Waals surface area contributed by atoms with Gasteiger partial charge >= 0.3 is 0 Å². The molecule has 3 nitrogen and oxygen atoms in total. The topological polar surface area (TPSA) is 38.3 Å². The number of amides is 1. The van der Waals surface area contributed by atoms with Crippen LogP contribution >= 0.6 is 23.2 Å². The monoisotopic (exact) mass is 355 g/mol. The van der Waals surface area contributed by atoms with Crippen LogP contribution in [0.3, 0.4) is 0 Å². The lowest BCUT2D eigenvalue weighted by Gasteiger charge is -2.16. The average Bonchev–Trinajstić information content (AvgIpc) is 2.53. The van der Waals surface area contributed by atoms with Crippen molar-refractivity contribution in [3.05, 3.63) is 63.9 Å². The molecule has 0 aliphatic carbocycles. The molecule has 6 heteroatoms. The van der Waals surface area contributed by atoms with E-state index in [-0.39, 0.29) is 16.7 Å². The number of carbonyl (C=O) groups excluding carboxylic acids is 1. The second-order valence-corrected chi connectivity index (χ2v) is 5.76. The maximum Gasteiger partial charge on any atom is 0.260 e. The van der Waals surface area contributed by atoms with Crippen molar-refractivity contribution in [2.24, 2.45) is 0 Å². The number of benzene rings is 2. The molecule has 122 valence electrons. The highest BCUT2D eigenvalue weighted by Gasteiger charge is 2.16. The summed E-state index contributed by atoms with van der Waals surface area (Å²) in [6.07, 6.45) is -0.101. The Morgan fingerprint density at radius 3 is 2.61 bits per heavy atom. The van der Waals surface area contributed by atoms with Crippen molar-refractivity contribution >= 4 is 29.1 Å². The van der Waals surface area contributed by atoms with E-state index in [1.54, 1.807) is 37.3 Å². The number of halogens is 3. The molecule has 0 spiro atoms. The summed E-state index contributed by atoms with van der Waals surface area (Å²) < 4.78 is 18.3. The molecule has 0 saturated carbocycles. The second-order valence-electron chi connectivity index (χ2n) is 4.98. The van der Waals surface area contributed by atoms with Crippen molar-refractivity contribution in [2.75, 3.05) is 6.54 Å². The predicted octanol–water partition coefficient (Wildman–Crippen LogP) is 4.26. The van der Waals surface area contributed by atoms with Gasteiger partial charge in [-0.1, -0.05) is 41.4 Å². The molecule has 0 heterocycles. The van der Waals surface area contributed by atoms with E-state index in [1.165, 1.54) is 12.1 Å². The van der Waals surface area contributed by atoms with E-state index in [4.69, 9.17) is 27.9 Å². The van der Waals surface area contributed by atoms with Gasteiger partial charge in [0.2, 0.25) is 0 Å². The molecule has 0 fully saturated rings. The Labute approximate surface area is 144 Å². The van der Waals surface area contributed by atoms with Crippen LogP contribution in [0.4, 0.5) is 4.39 Å². The second kappa shape index (κ2) is 8.18. The van der Waals surface area contributed by atoms with Gasteiger partial charge in [-0.05, 0) is 43.2 Å². The maximum absolute atomic E-state index is 12.8. The fourth-order valence-electron chi connectivity index (χ4n) is 1.94. The summed E-state index contributed by atoms with van der Waals surface area (Å²) >= 11 is 11.9. The lowest BCUT2D eigenvalue weighted by molar-refractivity contribution is -0.127. The molecule has 0 radical (unpaired) electrons. The standard InChI is InChI=1S/C17H16Cl2FNO2/c1-11(23-15-4-2-3-14(18)16(15)19)17(22)21-10-9-12-5-7-13(20)8-6-12/h2-8,11H,9-10H2,1H3,(H,21,22)/t11-/m1/s1. The zero-order valence-corrected chi connectivity index (χ0v) is 14.0. The Bertz CT molecular complexity index is 677. The van der Waals surface area contributed by atoms with Gasteiger partial charge in [0.15, 0.2) is 6.10 Å². The van der Waals surface area contributed by atoms with E-state index in [9.17, 15) is 9.18 Å². The van der Waals surface area contributed by atoms with Crippen LogP contribution in [-0.4, -0.2) is 18.6 Å². The molecule has 0 unspecified atom stereocenters. The molecule has 1 atom stereocenters. The smallest absolute Gasteiger partial charge is 0.260 e. The fraction of sp³-hybridized carbons (Fsp3) is 0.235. The first-order chi connectivity index (χ1) is 11.0. The minimum Gasteiger partial charge on any atom is -0.479 e. The average molecular weight is 356 g/mol. The third kappa shape index (κ3) is 5.12. The third-order valence-corrected chi connectivity index (χ3v) is 4.02. The highest BCUT2D eigenvalue weighted by Crippen LogP contribution is 2.32. The molecule has 1 N–H and O–H groups in total. The predicted molar refractivity (Wildman–Crippen MR) is 89.7 cm³/mol. The normalized spacial score (nSPS) is 11.8. The Morgan fingerprint density at radius 2 is 1.91 bits per heavy atom. The summed E-state index contributed by atoms with van der Waals surface area (Å²) in [6.45, 7) is 2.06. The number of nitrogens with one attached hydrogen (secondary N) is 1. The Balaban J connectivity index is 1.83. The lowest BCUT2D eigenvalue weighted by atomic mass is 10.1. The molecular weight excluding hydrogens is 340 g/mol. The van der Waals surface area contributed by atoms with E-state index >= 15 is 0 Å². The van der Waals surface area contributed by atoms with E-state index < -0.39 is 6.10 Å². The van der Waals surface area contributed by atoms with Gasteiger partial charge in [0, 0.05) is 6.54 Å². The van der Waals surface area contributed by atoms with Gasteiger partial charge in [-0.2, -0.15) is 0 Å². The van der Waals surface area contributed by atoms with E-state index in [2.05, 4.69) is 5.32 Å². The zero-order valence-electron chi connectivity index (χ0n) is 12.5. The van der Waals surface area contributed by atoms with Crippen LogP contribution in [0.15, 0.2) is 42.5 Å². The largest absolute Gasteiger partial charge is 0.479 e. The quantitative estimate of drug-likeness (QED) is 0.840. The number of rotatable bonds is 6. The molecule has 2 rings (SSSR count). The van der Waals surface area contributed by atoms with Gasteiger partial charge in [-0.15, -0.1) is 0 Å². The van der Waals surface area contributed by atoms with Crippen LogP contribution < -0.4 is 10.1 Å². The molecule has 23 heavy (non-hydrogen) atoms. The summed E-state index contributed by atoms with van der Waals surface area (Å²) in [6, 6.07) is 11.2. The van der Waals surface area contributed by atoms with E-state index in [0.29, 0.717) is 23.7 Å². The molecule has 0 saturated heterocycles. The summed E-state index contributed by atoms with van der Waals surface area (Å²) in [5.74, 6) is -0.179. The number of carbonyl (C=O) groups is 1. The minimum absolute atomic E-state index is 0.261. The maximum atomic E-state index is 12.8. The summed E-state index contributed by atoms with van der Waals surface area (Å²) in [4.78, 5) is 12.0. The van der Waals surface area contributed by atoms with Gasteiger partial charge in [0.1, 0.15) is 16.6 Å². The van der Waals surface area contributed by atoms with Crippen molar-refractivity contribution in [2.45, 2.75) is 19.4 Å². The summed E-state index contributed by atoms with van der Waals surface area (Å²) in [7, 11) is 0. The Kier molecular flexibility index (Phi) is 6.25. The van der Waals surface area contributed by atoms with Crippen LogP contribution in [-0.2, 0) is 11.2 Å². The highest BCUT2D eigenvalue weighted by molar-refractivity contribution is 6.42. The number of hydrogen-bond donors (Lipinski definition) is 1. The first-order valence-electron chi connectivity index (χ1n) is 7.10. The number of hydrogen-bond acceptors (Lipinski definition) is 2. The first-order valence-corrected chi connectivity index (χ1v) is 7.86. The van der Waals surface area contributed by atoms with Gasteiger partial charge < -0.3 is 10.1 Å². The number of ether oxygens (including phenoxy) is 1. The molecule has 0 aromatic heterocycles. The van der Waals surface area contributed by atoms with Gasteiger partial charge in [-0.25, -0.2) is 4.39 Å². The van der Waals surface area contributed by atoms with Crippen LogP contribution in [0, 0.1) is 5.82 Å². The molecule has 0 aliphatic rings. The van der Waals surface area contributed by atoms with Crippen molar-refractivity contribution in [3.8, 4) is 5.75 Å². The fourth-order valence-corrected chi connectivity index (χ4v) is 2.28. The van der Waals surface area contributed by atoms with Crippen LogP contribution in [0.2, 0.25) is 10.0 Å². The van der Waals surface area contributed by atoms with Crippen LogP contribution in [0.25, 0.3) is 0 Å². The highest BCUT2D eigenvalue weighted by atomic mass is 35.5. The van der Waals surface area contributed by atoms with Gasteiger partial charge in [-0.3, -0.25) is 4.79 Å². The summed E-state index contributed by atoms with van der Waals surface area (Å²) in [5.41, 5.74) is 0.943. The van der Waals surface area contributed by atoms with Crippen molar-refractivity contribution < 1.29 is 13.9 Å². The minimum atomic E-state index is -0.709. The van der Waals surface area contributed by atoms with Crippen molar-refractivity contribution in [3.63, 3.8) is 0 Å². The molecule has 2 aromatic carbocycles. The lowest BCUT2D eigenvalue weighted by Crippen LogP contribution is -2.37. The summed E-state index contributed by atoms with van der Waals surface area (Å²) in [5, 5.41) is 3.41. The SMILES string of the molecule is C[C@@H](Oc1cccc(Cl)c1Cl)C(=O)NCCc1ccc(F)cc1. The van der Waals surface area contributed by atoms with E-state index in [0.717, 1.165) is 5.56 Å². The molecule has 0 bridgehead atoms. The van der Waals surface area contributed by atoms with Crippen LogP contribution in [0.1, 0.15) is 12.5 Å². The third-order valence-electron chi connectivity index (χ3n) is 3.22. The molecule has 0 aliphatic heterocycles. The Morgan fingerprint density at radius 1 is 1.22 bits per heavy atom. The Hall–Kier alpha value is -1.78. The van der Waals surface area contributed by atoms with Crippen LogP contribution in [0.5, 0.6) is 5.75 Å². The van der Waals surface area contributed by atoms with Gasteiger partial charge in [0.25, 0.3) is 5.91 Å². The van der Waals surface area contributed by atoms with Gasteiger partial charge in [0.05, 0.1) is 5.02 Å².